The number of aryl methyl sites for hydroxylation is 1. The molecule has 0 amide bonds. The molecule has 1 heterocycles. The van der Waals surface area contributed by atoms with Crippen molar-refractivity contribution >= 4 is 41.1 Å². The van der Waals surface area contributed by atoms with Gasteiger partial charge in [-0.2, -0.15) is 0 Å². The lowest BCUT2D eigenvalue weighted by Crippen LogP contribution is -2.26. The number of fused-ring (bicyclic) bond motifs is 1. The zero-order valence-corrected chi connectivity index (χ0v) is 28.9. The lowest BCUT2D eigenvalue weighted by molar-refractivity contribution is -0.107. The topological polar surface area (TPSA) is 129 Å². The summed E-state index contributed by atoms with van der Waals surface area (Å²) in [5.41, 5.74) is 9.93. The van der Waals surface area contributed by atoms with Crippen LogP contribution in [0.15, 0.2) is 88.1 Å². The molecule has 0 saturated heterocycles. The third-order valence-electron chi connectivity index (χ3n) is 8.84. The smallest absolute Gasteiger partial charge is 0.168 e. The van der Waals surface area contributed by atoms with Crippen molar-refractivity contribution in [2.75, 3.05) is 18.9 Å². The number of anilines is 1. The molecule has 0 saturated carbocycles. The molecule has 0 fully saturated rings. The predicted molar refractivity (Wildman–Crippen MR) is 197 cm³/mol. The molecule has 260 valence electrons. The minimum atomic E-state index is -0.767. The highest BCUT2D eigenvalue weighted by Crippen LogP contribution is 2.36. The van der Waals surface area contributed by atoms with Crippen LogP contribution in [0.3, 0.4) is 0 Å². The van der Waals surface area contributed by atoms with Crippen LogP contribution >= 0.6 is 0 Å². The molecule has 0 radical (unpaired) electrons. The number of carbonyl (C=O) groups excluding carboxylic acids is 1. The van der Waals surface area contributed by atoms with Crippen LogP contribution in [0.4, 0.5) is 14.5 Å². The van der Waals surface area contributed by atoms with Gasteiger partial charge in [0.15, 0.2) is 11.6 Å². The highest BCUT2D eigenvalue weighted by molar-refractivity contribution is 5.99. The van der Waals surface area contributed by atoms with Crippen LogP contribution < -0.4 is 15.8 Å². The number of nitrogens with two attached hydrogens (primary N) is 1. The summed E-state index contributed by atoms with van der Waals surface area (Å²) in [5, 5.41) is 11.4. The molecule has 2 atom stereocenters. The van der Waals surface area contributed by atoms with Crippen molar-refractivity contribution in [3.05, 3.63) is 95.1 Å². The Morgan fingerprint density at radius 1 is 1.22 bits per heavy atom. The highest BCUT2D eigenvalue weighted by Gasteiger charge is 2.28. The number of benzene rings is 2. The zero-order valence-electron chi connectivity index (χ0n) is 28.9. The monoisotopic (exact) mass is 670 g/mol. The van der Waals surface area contributed by atoms with E-state index >= 15 is 8.78 Å². The Kier molecular flexibility index (Phi) is 13.2. The molecule has 0 bridgehead atoms. The van der Waals surface area contributed by atoms with Crippen LogP contribution in [0.2, 0.25) is 0 Å². The second-order valence-electron chi connectivity index (χ2n) is 13.4. The van der Waals surface area contributed by atoms with Crippen LogP contribution in [0.25, 0.3) is 10.9 Å². The number of carbonyl (C=O) groups is 1. The highest BCUT2D eigenvalue weighted by atomic mass is 19.1. The Morgan fingerprint density at radius 3 is 2.80 bits per heavy atom. The van der Waals surface area contributed by atoms with Gasteiger partial charge in [0.05, 0.1) is 5.92 Å². The first-order valence-corrected chi connectivity index (χ1v) is 16.8. The fraction of sp³-hybridized carbons (Fsp3) is 0.385. The molecule has 1 aliphatic rings. The number of nitrogens with one attached hydrogen (secondary N) is 3. The molecular formula is C39H48F2N6O2. The second-order valence-corrected chi connectivity index (χ2v) is 13.4. The first-order chi connectivity index (χ1) is 23.5. The van der Waals surface area contributed by atoms with E-state index in [4.69, 9.17) is 15.9 Å². The fourth-order valence-corrected chi connectivity index (χ4v) is 5.76. The number of hydrogen-bond acceptors (Lipinski definition) is 6. The third kappa shape index (κ3) is 10.6. The maximum absolute atomic E-state index is 15.7. The molecular weight excluding hydrogens is 622 g/mol. The average molecular weight is 671 g/mol. The summed E-state index contributed by atoms with van der Waals surface area (Å²) in [6.45, 7) is 7.14. The molecule has 0 aliphatic heterocycles. The van der Waals surface area contributed by atoms with Gasteiger partial charge < -0.3 is 31.0 Å². The molecule has 5 N–H and O–H groups in total. The molecule has 0 spiro atoms. The van der Waals surface area contributed by atoms with E-state index in [-0.39, 0.29) is 29.9 Å². The number of halogens is 2. The number of H-pyrrole nitrogens is 1. The lowest BCUT2D eigenvalue weighted by atomic mass is 9.82. The summed E-state index contributed by atoms with van der Waals surface area (Å²) < 4.78 is 37.1. The van der Waals surface area contributed by atoms with Crippen molar-refractivity contribution < 1.29 is 18.3 Å². The number of ether oxygens (including phenoxy) is 1. The first kappa shape index (κ1) is 37.0. The normalized spacial score (nSPS) is 16.4. The van der Waals surface area contributed by atoms with E-state index in [0.717, 1.165) is 42.2 Å². The summed E-state index contributed by atoms with van der Waals surface area (Å²) in [4.78, 5) is 22.8. The fourth-order valence-electron chi connectivity index (χ4n) is 5.76. The molecule has 10 heteroatoms. The SMILES string of the molecule is CN=C(Nc1cccc(CCC=O)c1)C1CC(Oc2c(F)cc3[nH]ccc3c2C/C(N)=C/C=NCCC(C)(C)CCC(C)C=N)=CC=C1F. The Morgan fingerprint density at radius 2 is 2.04 bits per heavy atom. The summed E-state index contributed by atoms with van der Waals surface area (Å²) in [6.07, 6.45) is 14.6. The molecule has 1 aliphatic carbocycles. The summed E-state index contributed by atoms with van der Waals surface area (Å²) in [6, 6.07) is 10.8. The van der Waals surface area contributed by atoms with E-state index < -0.39 is 17.6 Å². The maximum Gasteiger partial charge on any atom is 0.168 e. The van der Waals surface area contributed by atoms with E-state index in [1.165, 1.54) is 24.4 Å². The average Bonchev–Trinajstić information content (AvgIpc) is 3.55. The molecule has 2 unspecified atom stereocenters. The van der Waals surface area contributed by atoms with Crippen LogP contribution in [-0.4, -0.2) is 43.1 Å². The van der Waals surface area contributed by atoms with Crippen molar-refractivity contribution in [3.8, 4) is 5.75 Å². The van der Waals surface area contributed by atoms with Gasteiger partial charge in [-0.25, -0.2) is 8.78 Å². The van der Waals surface area contributed by atoms with Gasteiger partial charge in [-0.15, -0.1) is 0 Å². The minimum Gasteiger partial charge on any atom is -0.458 e. The lowest BCUT2D eigenvalue weighted by Gasteiger charge is -2.24. The number of allylic oxidation sites excluding steroid dienone is 5. The van der Waals surface area contributed by atoms with Crippen LogP contribution in [0, 0.1) is 28.5 Å². The number of amidine groups is 1. The third-order valence-corrected chi connectivity index (χ3v) is 8.84. The van der Waals surface area contributed by atoms with Crippen LogP contribution in [-0.2, 0) is 17.6 Å². The summed E-state index contributed by atoms with van der Waals surface area (Å²) >= 11 is 0. The molecule has 8 nitrogen and oxygen atoms in total. The van der Waals surface area contributed by atoms with E-state index in [0.29, 0.717) is 47.8 Å². The van der Waals surface area contributed by atoms with Gasteiger partial charge in [0, 0.05) is 79.2 Å². The van der Waals surface area contributed by atoms with Crippen molar-refractivity contribution in [2.24, 2.45) is 33.0 Å². The van der Waals surface area contributed by atoms with Gasteiger partial charge in [-0.1, -0.05) is 32.9 Å². The molecule has 1 aromatic heterocycles. The summed E-state index contributed by atoms with van der Waals surface area (Å²) in [5.74, 6) is -0.636. The number of aromatic amines is 1. The quantitative estimate of drug-likeness (QED) is 0.0651. The van der Waals surface area contributed by atoms with Gasteiger partial charge in [0.2, 0.25) is 0 Å². The molecule has 49 heavy (non-hydrogen) atoms. The Balaban J connectivity index is 1.47. The van der Waals surface area contributed by atoms with Gasteiger partial charge in [0.1, 0.15) is 23.7 Å². The number of aromatic nitrogens is 1. The van der Waals surface area contributed by atoms with Crippen molar-refractivity contribution in [1.29, 1.82) is 5.41 Å². The van der Waals surface area contributed by atoms with Crippen LogP contribution in [0.5, 0.6) is 5.75 Å². The van der Waals surface area contributed by atoms with Gasteiger partial charge in [-0.05, 0) is 85.2 Å². The Labute approximate surface area is 287 Å². The van der Waals surface area contributed by atoms with Crippen molar-refractivity contribution in [3.63, 3.8) is 0 Å². The second kappa shape index (κ2) is 17.5. The van der Waals surface area contributed by atoms with E-state index in [9.17, 15) is 4.79 Å². The Bertz CT molecular complexity index is 1770. The molecule has 2 aromatic carbocycles. The summed E-state index contributed by atoms with van der Waals surface area (Å²) in [7, 11) is 1.59. The van der Waals surface area contributed by atoms with E-state index in [1.807, 2.05) is 30.3 Å². The van der Waals surface area contributed by atoms with E-state index in [1.54, 1.807) is 25.5 Å². The number of aldehydes is 1. The van der Waals surface area contributed by atoms with Crippen LogP contribution in [0.1, 0.15) is 64.0 Å². The minimum absolute atomic E-state index is 0.0350. The van der Waals surface area contributed by atoms with Crippen molar-refractivity contribution in [2.45, 2.75) is 65.7 Å². The zero-order chi connectivity index (χ0) is 35.4. The standard InChI is InChI=1S/C39H48F2N6O2/c1-26(25-42)12-15-39(2,3)16-19-45-17-13-28(43)22-32-31-14-18-46-36(31)24-35(41)37(32)49-30-10-11-34(40)33(23-30)38(44-4)47-29-9-5-7-27(21-29)8-6-20-48/h5,7,9-11,13-14,17-18,20-21,24-26,33,42,46H,6,8,12,15-16,19,22-23,43H2,1-4H3,(H,44,47)/b28-13-,42-25?,45-17?. The van der Waals surface area contributed by atoms with Gasteiger partial charge in [-0.3, -0.25) is 9.98 Å². The molecule has 3 aromatic rings. The number of nitrogens with zero attached hydrogens (tertiary/aromatic N) is 2. The van der Waals surface area contributed by atoms with Gasteiger partial charge >= 0.3 is 0 Å². The molecule has 4 rings (SSSR count). The number of hydrogen-bond donors (Lipinski definition) is 4. The van der Waals surface area contributed by atoms with Gasteiger partial charge in [0.25, 0.3) is 0 Å². The Hall–Kier alpha value is -4.86. The number of aliphatic imine (C=N–C) groups is 2. The number of rotatable bonds is 17. The predicted octanol–water partition coefficient (Wildman–Crippen LogP) is 8.65. The largest absolute Gasteiger partial charge is 0.458 e. The van der Waals surface area contributed by atoms with E-state index in [2.05, 4.69) is 41.1 Å². The van der Waals surface area contributed by atoms with Crippen molar-refractivity contribution in [1.82, 2.24) is 4.98 Å². The first-order valence-electron chi connectivity index (χ1n) is 16.8. The maximum atomic E-state index is 15.7.